The van der Waals surface area contributed by atoms with Crippen LogP contribution in [-0.2, 0) is 18.2 Å². The molecule has 0 spiro atoms. The summed E-state index contributed by atoms with van der Waals surface area (Å²) in [6.07, 6.45) is 3.89. The molecule has 0 bridgehead atoms. The summed E-state index contributed by atoms with van der Waals surface area (Å²) in [5.74, 6) is -0.276. The van der Waals surface area contributed by atoms with Crippen LogP contribution < -0.4 is 0 Å². The van der Waals surface area contributed by atoms with Gasteiger partial charge in [-0.15, -0.1) is 0 Å². The van der Waals surface area contributed by atoms with E-state index in [9.17, 15) is 9.18 Å². The van der Waals surface area contributed by atoms with Gasteiger partial charge >= 0.3 is 0 Å². The van der Waals surface area contributed by atoms with E-state index in [2.05, 4.69) is 5.10 Å². The molecule has 1 saturated heterocycles. The molecule has 1 fully saturated rings. The minimum Gasteiger partial charge on any atom is -0.374 e. The third-order valence-corrected chi connectivity index (χ3v) is 3.75. The maximum Gasteiger partial charge on any atom is 0.257 e. The van der Waals surface area contributed by atoms with Crippen molar-refractivity contribution in [2.75, 3.05) is 19.7 Å². The topological polar surface area (TPSA) is 47.4 Å². The molecule has 1 aromatic carbocycles. The van der Waals surface area contributed by atoms with Crippen molar-refractivity contribution in [3.8, 4) is 0 Å². The fourth-order valence-corrected chi connectivity index (χ4v) is 2.62. The van der Waals surface area contributed by atoms with Crippen LogP contribution in [0.4, 0.5) is 4.39 Å². The zero-order valence-electron chi connectivity index (χ0n) is 12.4. The molecule has 1 amide bonds. The van der Waals surface area contributed by atoms with Crippen LogP contribution in [0.15, 0.2) is 36.7 Å². The number of benzene rings is 1. The predicted molar refractivity (Wildman–Crippen MR) is 79.0 cm³/mol. The SMILES string of the molecule is Cn1cc(C(=O)N2CCO[C@@H](Cc3ccc(F)cc3)C2)cn1. The monoisotopic (exact) mass is 303 g/mol. The number of carbonyl (C=O) groups is 1. The molecule has 2 aromatic rings. The van der Waals surface area contributed by atoms with E-state index < -0.39 is 0 Å². The summed E-state index contributed by atoms with van der Waals surface area (Å²) >= 11 is 0. The van der Waals surface area contributed by atoms with Crippen molar-refractivity contribution in [3.05, 3.63) is 53.6 Å². The second-order valence-electron chi connectivity index (χ2n) is 5.48. The van der Waals surface area contributed by atoms with Crippen LogP contribution in [-0.4, -0.2) is 46.4 Å². The van der Waals surface area contributed by atoms with Crippen LogP contribution in [0.1, 0.15) is 15.9 Å². The average molecular weight is 303 g/mol. The van der Waals surface area contributed by atoms with Gasteiger partial charge in [0.1, 0.15) is 5.82 Å². The van der Waals surface area contributed by atoms with Crippen molar-refractivity contribution in [3.63, 3.8) is 0 Å². The number of hydrogen-bond donors (Lipinski definition) is 0. The molecule has 0 N–H and O–H groups in total. The Bertz CT molecular complexity index is 654. The Morgan fingerprint density at radius 3 is 2.86 bits per heavy atom. The lowest BCUT2D eigenvalue weighted by Gasteiger charge is -2.32. The number of nitrogens with zero attached hydrogens (tertiary/aromatic N) is 3. The maximum atomic E-state index is 12.9. The van der Waals surface area contributed by atoms with Crippen molar-refractivity contribution in [2.45, 2.75) is 12.5 Å². The summed E-state index contributed by atoms with van der Waals surface area (Å²) in [6.45, 7) is 1.62. The number of amides is 1. The van der Waals surface area contributed by atoms with Crippen molar-refractivity contribution in [1.29, 1.82) is 0 Å². The highest BCUT2D eigenvalue weighted by molar-refractivity contribution is 5.93. The van der Waals surface area contributed by atoms with Crippen molar-refractivity contribution in [1.82, 2.24) is 14.7 Å². The van der Waals surface area contributed by atoms with Crippen LogP contribution in [0, 0.1) is 5.82 Å². The number of morpholine rings is 1. The quantitative estimate of drug-likeness (QED) is 0.866. The normalized spacial score (nSPS) is 18.5. The second kappa shape index (κ2) is 6.27. The van der Waals surface area contributed by atoms with Crippen LogP contribution in [0.2, 0.25) is 0 Å². The molecule has 2 heterocycles. The number of aromatic nitrogens is 2. The van der Waals surface area contributed by atoms with Gasteiger partial charge in [-0.2, -0.15) is 5.10 Å². The molecule has 0 radical (unpaired) electrons. The molecule has 5 nitrogen and oxygen atoms in total. The van der Waals surface area contributed by atoms with Crippen molar-refractivity contribution in [2.24, 2.45) is 7.05 Å². The van der Waals surface area contributed by atoms with E-state index in [0.717, 1.165) is 5.56 Å². The van der Waals surface area contributed by atoms with Gasteiger partial charge < -0.3 is 9.64 Å². The smallest absolute Gasteiger partial charge is 0.257 e. The lowest BCUT2D eigenvalue weighted by molar-refractivity contribution is -0.0208. The number of ether oxygens (including phenoxy) is 1. The van der Waals surface area contributed by atoms with Gasteiger partial charge in [-0.3, -0.25) is 9.48 Å². The zero-order valence-corrected chi connectivity index (χ0v) is 12.4. The Balaban J connectivity index is 1.63. The van der Waals surface area contributed by atoms with Gasteiger partial charge in [0, 0.05) is 32.8 Å². The van der Waals surface area contributed by atoms with Gasteiger partial charge in [0.05, 0.1) is 24.5 Å². The summed E-state index contributed by atoms with van der Waals surface area (Å²) in [5.41, 5.74) is 1.59. The molecule has 1 aromatic heterocycles. The van der Waals surface area contributed by atoms with E-state index in [1.165, 1.54) is 12.1 Å². The highest BCUT2D eigenvalue weighted by Gasteiger charge is 2.25. The van der Waals surface area contributed by atoms with Gasteiger partial charge in [-0.05, 0) is 17.7 Å². The molecule has 0 saturated carbocycles. The lowest BCUT2D eigenvalue weighted by Crippen LogP contribution is -2.46. The van der Waals surface area contributed by atoms with Crippen LogP contribution >= 0.6 is 0 Å². The fourth-order valence-electron chi connectivity index (χ4n) is 2.62. The number of rotatable bonds is 3. The lowest BCUT2D eigenvalue weighted by atomic mass is 10.1. The Labute approximate surface area is 128 Å². The average Bonchev–Trinajstić information content (AvgIpc) is 2.96. The summed E-state index contributed by atoms with van der Waals surface area (Å²) < 4.78 is 20.3. The third kappa shape index (κ3) is 3.33. The first-order valence-electron chi connectivity index (χ1n) is 7.26. The molecule has 3 rings (SSSR count). The number of aryl methyl sites for hydroxylation is 1. The van der Waals surface area contributed by atoms with Gasteiger partial charge in [-0.25, -0.2) is 4.39 Å². The summed E-state index contributed by atoms with van der Waals surface area (Å²) in [6, 6.07) is 6.38. The van der Waals surface area contributed by atoms with Crippen molar-refractivity contribution < 1.29 is 13.9 Å². The largest absolute Gasteiger partial charge is 0.374 e. The molecule has 116 valence electrons. The van der Waals surface area contributed by atoms with E-state index >= 15 is 0 Å². The van der Waals surface area contributed by atoms with Crippen LogP contribution in [0.3, 0.4) is 0 Å². The maximum absolute atomic E-state index is 12.9. The Hall–Kier alpha value is -2.21. The molecule has 1 aliphatic heterocycles. The standard InChI is InChI=1S/C16H18FN3O2/c1-19-10-13(9-18-19)16(21)20-6-7-22-15(11-20)8-12-2-4-14(17)5-3-12/h2-5,9-10,15H,6-8,11H2,1H3/t15-/m0/s1. The fraction of sp³-hybridized carbons (Fsp3) is 0.375. The third-order valence-electron chi connectivity index (χ3n) is 3.75. The Morgan fingerprint density at radius 2 is 2.18 bits per heavy atom. The van der Waals surface area contributed by atoms with Gasteiger partial charge in [0.25, 0.3) is 5.91 Å². The summed E-state index contributed by atoms with van der Waals surface area (Å²) in [4.78, 5) is 14.2. The summed E-state index contributed by atoms with van der Waals surface area (Å²) in [7, 11) is 1.79. The van der Waals surface area contributed by atoms with Gasteiger partial charge in [0.2, 0.25) is 0 Å². The second-order valence-corrected chi connectivity index (χ2v) is 5.48. The van der Waals surface area contributed by atoms with E-state index in [1.807, 2.05) is 0 Å². The number of hydrogen-bond acceptors (Lipinski definition) is 3. The van der Waals surface area contributed by atoms with E-state index in [-0.39, 0.29) is 17.8 Å². The minimum absolute atomic E-state index is 0.0273. The molecule has 1 atom stereocenters. The minimum atomic E-state index is -0.248. The number of carbonyl (C=O) groups excluding carboxylic acids is 1. The molecule has 22 heavy (non-hydrogen) atoms. The van der Waals surface area contributed by atoms with Gasteiger partial charge in [0.15, 0.2) is 0 Å². The molecule has 1 aliphatic rings. The highest BCUT2D eigenvalue weighted by Crippen LogP contribution is 2.14. The van der Waals surface area contributed by atoms with E-state index in [1.54, 1.807) is 41.2 Å². The first-order valence-corrected chi connectivity index (χ1v) is 7.26. The van der Waals surface area contributed by atoms with Crippen molar-refractivity contribution >= 4 is 5.91 Å². The number of halogens is 1. The summed E-state index contributed by atoms with van der Waals surface area (Å²) in [5, 5.41) is 4.03. The molecular formula is C16H18FN3O2. The van der Waals surface area contributed by atoms with Gasteiger partial charge in [-0.1, -0.05) is 12.1 Å². The van der Waals surface area contributed by atoms with E-state index in [4.69, 9.17) is 4.74 Å². The molecular weight excluding hydrogens is 285 g/mol. The Kier molecular flexibility index (Phi) is 4.20. The molecule has 0 aliphatic carbocycles. The molecule has 6 heteroatoms. The van der Waals surface area contributed by atoms with E-state index in [0.29, 0.717) is 31.7 Å². The Morgan fingerprint density at radius 1 is 1.41 bits per heavy atom. The first-order chi connectivity index (χ1) is 10.6. The highest BCUT2D eigenvalue weighted by atomic mass is 19.1. The zero-order chi connectivity index (χ0) is 15.5. The first kappa shape index (κ1) is 14.7. The predicted octanol–water partition coefficient (Wildman–Crippen LogP) is 1.64. The van der Waals surface area contributed by atoms with Crippen LogP contribution in [0.25, 0.3) is 0 Å². The van der Waals surface area contributed by atoms with Crippen LogP contribution in [0.5, 0.6) is 0 Å². The molecule has 0 unspecified atom stereocenters.